The van der Waals surface area contributed by atoms with Crippen molar-refractivity contribution >= 4 is 65.4 Å². The van der Waals surface area contributed by atoms with Crippen LogP contribution in [0.2, 0.25) is 0 Å². The number of benzene rings is 9. The largest absolute Gasteiger partial charge is 0.457 e. The third-order valence-electron chi connectivity index (χ3n) is 11.7. The zero-order chi connectivity index (χ0) is 38.2. The van der Waals surface area contributed by atoms with Crippen molar-refractivity contribution in [3.63, 3.8) is 0 Å². The number of nitrogens with zero attached hydrogens (tertiary/aromatic N) is 3. The predicted molar refractivity (Wildman–Crippen MR) is 241 cm³/mol. The van der Waals surface area contributed by atoms with E-state index < -0.39 is 0 Å². The number of fused-ring (bicyclic) bond motifs is 9. The van der Waals surface area contributed by atoms with Crippen molar-refractivity contribution in [1.29, 1.82) is 0 Å². The van der Waals surface area contributed by atoms with Gasteiger partial charge in [0.25, 0.3) is 0 Å². The molecule has 0 saturated carbocycles. The smallest absolute Gasteiger partial charge is 0.127 e. The van der Waals surface area contributed by atoms with E-state index in [-0.39, 0.29) is 0 Å². The van der Waals surface area contributed by atoms with Gasteiger partial charge in [0.05, 0.1) is 33.1 Å². The Labute approximate surface area is 334 Å². The maximum atomic E-state index is 6.15. The van der Waals surface area contributed by atoms with Gasteiger partial charge < -0.3 is 18.4 Å². The minimum absolute atomic E-state index is 0.806. The minimum Gasteiger partial charge on any atom is -0.457 e. The number of hydrogen-bond donors (Lipinski definition) is 0. The predicted octanol–water partition coefficient (Wildman–Crippen LogP) is 14.4. The van der Waals surface area contributed by atoms with Crippen LogP contribution in [0.3, 0.4) is 0 Å². The molecule has 0 aliphatic heterocycles. The average molecular weight is 742 g/mol. The highest BCUT2D eigenvalue weighted by atomic mass is 16.5. The molecule has 12 rings (SSSR count). The summed E-state index contributed by atoms with van der Waals surface area (Å²) in [7, 11) is 0. The summed E-state index contributed by atoms with van der Waals surface area (Å²) in [5, 5.41) is 7.42. The highest BCUT2D eigenvalue weighted by Gasteiger charge is 2.18. The van der Waals surface area contributed by atoms with Gasteiger partial charge in [-0.25, -0.2) is 0 Å². The standard InChI is InChI=1S/C54H35N3O/c1-3-13-38(14-4-1)55-49-20-10-8-19-45(49)48-32-27-40(35-54(48)55)57-51-22-12-9-18-44(51)47-31-24-37(34-53(47)57)36-23-30-46-43-17-7-11-21-50(43)56(52(46)33-36)39-25-28-42(29-26-39)58-41-15-5-2-6-16-41/h1-35H. The van der Waals surface area contributed by atoms with E-state index in [0.29, 0.717) is 0 Å². The van der Waals surface area contributed by atoms with Gasteiger partial charge in [-0.3, -0.25) is 0 Å². The Morgan fingerprint density at radius 1 is 0.241 bits per heavy atom. The van der Waals surface area contributed by atoms with E-state index >= 15 is 0 Å². The van der Waals surface area contributed by atoms with Crippen molar-refractivity contribution in [2.24, 2.45) is 0 Å². The molecule has 0 spiro atoms. The van der Waals surface area contributed by atoms with Crippen LogP contribution < -0.4 is 4.74 Å². The Morgan fingerprint density at radius 3 is 1.14 bits per heavy atom. The lowest BCUT2D eigenvalue weighted by atomic mass is 10.0. The third-order valence-corrected chi connectivity index (χ3v) is 11.7. The van der Waals surface area contributed by atoms with E-state index in [1.165, 1.54) is 71.0 Å². The van der Waals surface area contributed by atoms with Crippen LogP contribution in [-0.4, -0.2) is 13.7 Å². The van der Waals surface area contributed by atoms with Crippen LogP contribution in [0.15, 0.2) is 212 Å². The maximum absolute atomic E-state index is 6.15. The molecule has 0 atom stereocenters. The minimum atomic E-state index is 0.806. The van der Waals surface area contributed by atoms with Gasteiger partial charge in [-0.15, -0.1) is 0 Å². The van der Waals surface area contributed by atoms with Crippen molar-refractivity contribution in [3.8, 4) is 39.7 Å². The molecule has 0 N–H and O–H groups in total. The van der Waals surface area contributed by atoms with Crippen molar-refractivity contribution in [2.45, 2.75) is 0 Å². The fraction of sp³-hybridized carbons (Fsp3) is 0. The molecule has 0 unspecified atom stereocenters. The molecule has 4 heteroatoms. The summed E-state index contributed by atoms with van der Waals surface area (Å²) < 4.78 is 13.4. The first kappa shape index (κ1) is 32.4. The Morgan fingerprint density at radius 2 is 0.603 bits per heavy atom. The third kappa shape index (κ3) is 5.02. The van der Waals surface area contributed by atoms with Crippen LogP contribution in [0.1, 0.15) is 0 Å². The second-order valence-corrected chi connectivity index (χ2v) is 15.0. The lowest BCUT2D eigenvalue weighted by Gasteiger charge is -2.12. The molecule has 0 saturated heterocycles. The Hall–Kier alpha value is -7.82. The number of ether oxygens (including phenoxy) is 1. The average Bonchev–Trinajstić information content (AvgIpc) is 3.92. The topological polar surface area (TPSA) is 24.0 Å². The SMILES string of the molecule is c1ccc(Oc2ccc(-n3c4ccccc4c4ccc(-c5ccc6c7ccccc7n(-c7ccc8c9ccccc9n(-c9ccccc9)c8c7)c6c5)cc43)cc2)cc1. The Bertz CT molecular complexity index is 3520. The van der Waals surface area contributed by atoms with Crippen LogP contribution in [-0.2, 0) is 0 Å². The first-order chi connectivity index (χ1) is 28.8. The zero-order valence-electron chi connectivity index (χ0n) is 31.5. The van der Waals surface area contributed by atoms with Crippen LogP contribution in [0.5, 0.6) is 11.5 Å². The zero-order valence-corrected chi connectivity index (χ0v) is 31.5. The van der Waals surface area contributed by atoms with Gasteiger partial charge in [-0.05, 0) is 102 Å². The molecule has 12 aromatic rings. The first-order valence-corrected chi connectivity index (χ1v) is 19.8. The summed E-state index contributed by atoms with van der Waals surface area (Å²) in [6.45, 7) is 0. The van der Waals surface area contributed by atoms with Gasteiger partial charge in [-0.2, -0.15) is 0 Å². The Balaban J connectivity index is 1.03. The number of rotatable bonds is 6. The van der Waals surface area contributed by atoms with Crippen LogP contribution >= 0.6 is 0 Å². The summed E-state index contributed by atoms with van der Waals surface area (Å²) in [5.74, 6) is 1.63. The first-order valence-electron chi connectivity index (χ1n) is 19.8. The van der Waals surface area contributed by atoms with Gasteiger partial charge in [0.15, 0.2) is 0 Å². The van der Waals surface area contributed by atoms with E-state index in [9.17, 15) is 0 Å². The van der Waals surface area contributed by atoms with Crippen molar-refractivity contribution in [1.82, 2.24) is 13.7 Å². The lowest BCUT2D eigenvalue weighted by Crippen LogP contribution is -1.97. The summed E-state index contributed by atoms with van der Waals surface area (Å²) in [6.07, 6.45) is 0. The van der Waals surface area contributed by atoms with Crippen molar-refractivity contribution in [2.75, 3.05) is 0 Å². The molecular weight excluding hydrogens is 707 g/mol. The molecule has 9 aromatic carbocycles. The van der Waals surface area contributed by atoms with Gasteiger partial charge in [-0.1, -0.05) is 121 Å². The van der Waals surface area contributed by atoms with Gasteiger partial charge in [0.1, 0.15) is 11.5 Å². The van der Waals surface area contributed by atoms with E-state index in [1.54, 1.807) is 0 Å². The molecule has 0 fully saturated rings. The highest BCUT2D eigenvalue weighted by Crippen LogP contribution is 2.40. The van der Waals surface area contributed by atoms with E-state index in [4.69, 9.17) is 4.74 Å². The molecule has 272 valence electrons. The van der Waals surface area contributed by atoms with Gasteiger partial charge in [0, 0.05) is 49.4 Å². The molecule has 0 radical (unpaired) electrons. The van der Waals surface area contributed by atoms with E-state index in [0.717, 1.165) is 34.1 Å². The molecule has 0 aliphatic rings. The summed E-state index contributed by atoms with van der Waals surface area (Å²) >= 11 is 0. The van der Waals surface area contributed by atoms with Crippen LogP contribution in [0.25, 0.3) is 93.6 Å². The molecule has 0 bridgehead atoms. The second-order valence-electron chi connectivity index (χ2n) is 15.0. The molecule has 58 heavy (non-hydrogen) atoms. The fourth-order valence-corrected chi connectivity index (χ4v) is 9.10. The quantitative estimate of drug-likeness (QED) is 0.166. The van der Waals surface area contributed by atoms with Crippen molar-refractivity contribution < 1.29 is 4.74 Å². The number of para-hydroxylation sites is 5. The second kappa shape index (κ2) is 12.9. The van der Waals surface area contributed by atoms with Gasteiger partial charge >= 0.3 is 0 Å². The van der Waals surface area contributed by atoms with Crippen LogP contribution in [0.4, 0.5) is 0 Å². The fourth-order valence-electron chi connectivity index (χ4n) is 9.10. The van der Waals surface area contributed by atoms with Crippen molar-refractivity contribution in [3.05, 3.63) is 212 Å². The molecule has 3 heterocycles. The van der Waals surface area contributed by atoms with Crippen LogP contribution in [0, 0.1) is 0 Å². The maximum Gasteiger partial charge on any atom is 0.127 e. The Kier molecular flexibility index (Phi) is 7.20. The molecular formula is C54H35N3O. The van der Waals surface area contributed by atoms with E-state index in [1.807, 2.05) is 30.3 Å². The number of hydrogen-bond acceptors (Lipinski definition) is 1. The monoisotopic (exact) mass is 741 g/mol. The normalized spacial score (nSPS) is 11.8. The number of aromatic nitrogens is 3. The lowest BCUT2D eigenvalue weighted by molar-refractivity contribution is 0.482. The molecule has 4 nitrogen and oxygen atoms in total. The molecule has 0 aliphatic carbocycles. The summed E-state index contributed by atoms with van der Waals surface area (Å²) in [5.41, 5.74) is 12.8. The molecule has 0 amide bonds. The summed E-state index contributed by atoms with van der Waals surface area (Å²) in [4.78, 5) is 0. The molecule has 3 aromatic heterocycles. The van der Waals surface area contributed by atoms with Gasteiger partial charge in [0.2, 0.25) is 0 Å². The van der Waals surface area contributed by atoms with E-state index in [2.05, 4.69) is 196 Å². The highest BCUT2D eigenvalue weighted by molar-refractivity contribution is 6.13. The summed E-state index contributed by atoms with van der Waals surface area (Å²) in [6, 6.07) is 76.0.